The first-order valence-electron chi connectivity index (χ1n) is 15.3. The van der Waals surface area contributed by atoms with Crippen LogP contribution < -0.4 is 24.8 Å². The summed E-state index contributed by atoms with van der Waals surface area (Å²) in [4.78, 5) is 37.4. The molecule has 242 valence electrons. The molecule has 12 heteroatoms. The Morgan fingerprint density at radius 2 is 1.74 bits per heavy atom. The number of fused-ring (bicyclic) bond motifs is 5. The van der Waals surface area contributed by atoms with E-state index in [-0.39, 0.29) is 17.7 Å². The molecule has 2 N–H and O–H groups in total. The van der Waals surface area contributed by atoms with Gasteiger partial charge in [-0.2, -0.15) is 5.10 Å². The maximum atomic E-state index is 13.4. The molecule has 1 atom stereocenters. The van der Waals surface area contributed by atoms with Gasteiger partial charge in [-0.1, -0.05) is 19.9 Å². The minimum Gasteiger partial charge on any atom is -0.496 e. The molecule has 5 rings (SSSR count). The third-order valence-corrected chi connectivity index (χ3v) is 7.86. The molecular weight excluding hydrogens is 586 g/mol. The van der Waals surface area contributed by atoms with E-state index in [1.54, 1.807) is 44.6 Å². The summed E-state index contributed by atoms with van der Waals surface area (Å²) in [6.07, 6.45) is 6.88. The van der Waals surface area contributed by atoms with Crippen LogP contribution in [0.4, 0.5) is 0 Å². The van der Waals surface area contributed by atoms with Crippen LogP contribution in [-0.2, 0) is 24.4 Å². The van der Waals surface area contributed by atoms with Gasteiger partial charge in [-0.15, -0.1) is 0 Å². The maximum Gasteiger partial charge on any atom is 0.253 e. The largest absolute Gasteiger partial charge is 0.496 e. The number of carbonyl (C=O) groups is 2. The maximum absolute atomic E-state index is 13.4. The van der Waals surface area contributed by atoms with Gasteiger partial charge in [0.15, 0.2) is 11.5 Å². The number of pyridine rings is 1. The van der Waals surface area contributed by atoms with Crippen molar-refractivity contribution in [1.29, 1.82) is 0 Å². The van der Waals surface area contributed by atoms with E-state index in [9.17, 15) is 9.59 Å². The molecule has 0 saturated carbocycles. The zero-order chi connectivity index (χ0) is 32.6. The summed E-state index contributed by atoms with van der Waals surface area (Å²) in [7, 11) is 4.85. The van der Waals surface area contributed by atoms with Crippen LogP contribution in [0.25, 0.3) is 11.1 Å². The number of carbonyl (C=O) groups excluding carboxylic acids is 2. The Labute approximate surface area is 269 Å². The molecule has 0 aliphatic carbocycles. The summed E-state index contributed by atoms with van der Waals surface area (Å²) in [5, 5.41) is 10.2. The lowest BCUT2D eigenvalue weighted by atomic mass is 10.00. The smallest absolute Gasteiger partial charge is 0.253 e. The fourth-order valence-corrected chi connectivity index (χ4v) is 5.72. The molecule has 1 aliphatic heterocycles. The number of nitrogens with one attached hydrogen (secondary N) is 2. The predicted molar refractivity (Wildman–Crippen MR) is 173 cm³/mol. The Morgan fingerprint density at radius 3 is 2.46 bits per heavy atom. The monoisotopic (exact) mass is 627 g/mol. The Balaban J connectivity index is 1.54. The zero-order valence-electron chi connectivity index (χ0n) is 26.9. The van der Waals surface area contributed by atoms with Crippen molar-refractivity contribution in [3.05, 3.63) is 83.7 Å². The summed E-state index contributed by atoms with van der Waals surface area (Å²) in [5.41, 5.74) is 4.82. The molecule has 0 saturated heterocycles. The average molecular weight is 628 g/mol. The number of hydrogen-bond acceptors (Lipinski definition) is 9. The van der Waals surface area contributed by atoms with Crippen LogP contribution in [0.15, 0.2) is 61.4 Å². The topological polar surface area (TPSA) is 133 Å². The van der Waals surface area contributed by atoms with Crippen LogP contribution in [0.3, 0.4) is 0 Å². The van der Waals surface area contributed by atoms with Crippen molar-refractivity contribution in [3.8, 4) is 28.4 Å². The lowest BCUT2D eigenvalue weighted by Gasteiger charge is -2.25. The fraction of sp³-hybridized carbons (Fsp3) is 0.382. The Kier molecular flexibility index (Phi) is 10.5. The van der Waals surface area contributed by atoms with Gasteiger partial charge in [0.1, 0.15) is 24.4 Å². The number of aromatic nitrogens is 4. The van der Waals surface area contributed by atoms with Crippen molar-refractivity contribution in [2.45, 2.75) is 45.9 Å². The molecule has 0 radical (unpaired) electrons. The van der Waals surface area contributed by atoms with Gasteiger partial charge in [0.2, 0.25) is 5.91 Å². The van der Waals surface area contributed by atoms with Crippen molar-refractivity contribution in [2.75, 3.05) is 34.4 Å². The van der Waals surface area contributed by atoms with E-state index in [0.717, 1.165) is 28.0 Å². The average Bonchev–Trinajstić information content (AvgIpc) is 3.56. The number of rotatable bonds is 9. The second kappa shape index (κ2) is 14.9. The second-order valence-electron chi connectivity index (χ2n) is 11.7. The van der Waals surface area contributed by atoms with Crippen LogP contribution in [0.2, 0.25) is 0 Å². The first-order chi connectivity index (χ1) is 22.3. The number of ether oxygens (including phenoxy) is 3. The molecule has 2 aromatic heterocycles. The lowest BCUT2D eigenvalue weighted by molar-refractivity contribution is -0.123. The molecule has 1 aliphatic rings. The number of hydrogen-bond donors (Lipinski definition) is 2. The molecule has 46 heavy (non-hydrogen) atoms. The normalized spacial score (nSPS) is 15.8. The molecule has 4 bridgehead atoms. The molecule has 0 spiro atoms. The van der Waals surface area contributed by atoms with Gasteiger partial charge in [-0.05, 0) is 53.8 Å². The third-order valence-electron chi connectivity index (χ3n) is 7.86. The highest BCUT2D eigenvalue weighted by Crippen LogP contribution is 2.40. The summed E-state index contributed by atoms with van der Waals surface area (Å²) in [5.74, 6) is 1.49. The third kappa shape index (κ3) is 7.81. The van der Waals surface area contributed by atoms with E-state index < -0.39 is 6.04 Å². The summed E-state index contributed by atoms with van der Waals surface area (Å²) < 4.78 is 18.9. The highest BCUT2D eigenvalue weighted by Gasteiger charge is 2.24. The van der Waals surface area contributed by atoms with Gasteiger partial charge in [0, 0.05) is 55.3 Å². The van der Waals surface area contributed by atoms with Crippen molar-refractivity contribution in [3.63, 3.8) is 0 Å². The van der Waals surface area contributed by atoms with Crippen molar-refractivity contribution >= 4 is 11.8 Å². The van der Waals surface area contributed by atoms with Gasteiger partial charge in [-0.25, -0.2) is 9.67 Å². The van der Waals surface area contributed by atoms with Crippen LogP contribution in [-0.4, -0.2) is 76.9 Å². The summed E-state index contributed by atoms with van der Waals surface area (Å²) >= 11 is 0. The van der Waals surface area contributed by atoms with Crippen molar-refractivity contribution < 1.29 is 23.8 Å². The van der Waals surface area contributed by atoms with Crippen LogP contribution in [0.5, 0.6) is 17.2 Å². The van der Waals surface area contributed by atoms with Crippen LogP contribution >= 0.6 is 0 Å². The minimum atomic E-state index is -0.689. The minimum absolute atomic E-state index is 0.194. The molecule has 0 unspecified atom stereocenters. The quantitative estimate of drug-likeness (QED) is 0.285. The Bertz CT molecular complexity index is 1660. The lowest BCUT2D eigenvalue weighted by Crippen LogP contribution is -2.48. The van der Waals surface area contributed by atoms with Gasteiger partial charge in [-0.3, -0.25) is 19.5 Å². The zero-order valence-corrected chi connectivity index (χ0v) is 26.9. The van der Waals surface area contributed by atoms with Crippen LogP contribution in [0.1, 0.15) is 47.3 Å². The fourth-order valence-electron chi connectivity index (χ4n) is 5.72. The van der Waals surface area contributed by atoms with Gasteiger partial charge < -0.3 is 24.8 Å². The Hall–Kier alpha value is -4.97. The van der Waals surface area contributed by atoms with E-state index >= 15 is 0 Å². The van der Waals surface area contributed by atoms with Crippen molar-refractivity contribution in [2.24, 2.45) is 5.92 Å². The van der Waals surface area contributed by atoms with E-state index in [0.29, 0.717) is 61.8 Å². The van der Waals surface area contributed by atoms with E-state index in [2.05, 4.69) is 36.7 Å². The summed E-state index contributed by atoms with van der Waals surface area (Å²) in [6, 6.07) is 11.2. The van der Waals surface area contributed by atoms with Gasteiger partial charge in [0.05, 0.1) is 33.4 Å². The van der Waals surface area contributed by atoms with Crippen molar-refractivity contribution in [1.82, 2.24) is 35.3 Å². The summed E-state index contributed by atoms with van der Waals surface area (Å²) in [6.45, 7) is 6.65. The molecule has 4 aromatic rings. The molecule has 2 amide bonds. The number of methoxy groups -OCH3 is 3. The molecule has 3 heterocycles. The van der Waals surface area contributed by atoms with E-state index in [1.165, 1.54) is 12.5 Å². The van der Waals surface area contributed by atoms with E-state index in [1.807, 2.05) is 38.1 Å². The molecule has 0 fully saturated rings. The number of benzene rings is 2. The number of amides is 2. The van der Waals surface area contributed by atoms with Gasteiger partial charge in [0.25, 0.3) is 5.91 Å². The molecule has 12 nitrogen and oxygen atoms in total. The highest BCUT2D eigenvalue weighted by molar-refractivity contribution is 5.98. The number of nitrogens with zero attached hydrogens (tertiary/aromatic N) is 5. The highest BCUT2D eigenvalue weighted by atomic mass is 16.5. The standard InChI is InChI=1S/C34H41N7O5/c1-22(2)10-29-34(43)37-8-9-40(17-23-6-7-30(44-3)27(11-23)19-41-21-36-20-38-41)18-24-12-28(32(46-5)31(13-24)45-4)25-14-26(16-35-15-25)33(42)39-29/h6-7,11-16,20-22,29H,8-10,17-19H2,1-5H3,(H,37,43)(H,39,42)/t29-/m1/s1. The van der Waals surface area contributed by atoms with Gasteiger partial charge >= 0.3 is 0 Å². The first kappa shape index (κ1) is 32.4. The van der Waals surface area contributed by atoms with E-state index in [4.69, 9.17) is 14.2 Å². The van der Waals surface area contributed by atoms with Crippen LogP contribution in [0, 0.1) is 5.92 Å². The molecule has 2 aromatic carbocycles. The Morgan fingerprint density at radius 1 is 0.935 bits per heavy atom. The molecular formula is C34H41N7O5. The SMILES string of the molecule is COc1ccc(CN2CCNC(=O)[C@@H](CC(C)C)NC(=O)c3cncc(c3)-c3cc(cc(OC)c3OC)C2)cc1Cn1cncn1. The first-order valence-corrected chi connectivity index (χ1v) is 15.3. The predicted octanol–water partition coefficient (Wildman–Crippen LogP) is 3.69. The second-order valence-corrected chi connectivity index (χ2v) is 11.7.